The molecule has 3 aromatic rings. The number of carbonyl (C=O) groups is 1. The zero-order chi connectivity index (χ0) is 14.3. The highest BCUT2D eigenvalue weighted by atomic mass is 35.5. The van der Waals surface area contributed by atoms with Crippen molar-refractivity contribution in [2.45, 2.75) is 0 Å². The first kappa shape index (κ1) is 12.9. The fraction of sp³-hybridized carbons (Fsp3) is 0. The third-order valence-corrected chi connectivity index (χ3v) is 3.55. The maximum Gasteiger partial charge on any atom is 0.338 e. The number of halogens is 2. The van der Waals surface area contributed by atoms with E-state index >= 15 is 0 Å². The molecule has 2 heterocycles. The van der Waals surface area contributed by atoms with E-state index in [1.807, 2.05) is 0 Å². The Labute approximate surface area is 123 Å². The molecule has 0 bridgehead atoms. The van der Waals surface area contributed by atoms with Crippen LogP contribution in [0.25, 0.3) is 22.6 Å². The van der Waals surface area contributed by atoms with E-state index in [9.17, 15) is 4.79 Å². The fourth-order valence-corrected chi connectivity index (χ4v) is 2.17. The van der Waals surface area contributed by atoms with Crippen molar-refractivity contribution in [1.29, 1.82) is 0 Å². The van der Waals surface area contributed by atoms with Crippen LogP contribution in [-0.2, 0) is 0 Å². The number of nitrogens with zero attached hydrogens (tertiary/aromatic N) is 2. The summed E-state index contributed by atoms with van der Waals surface area (Å²) in [6.07, 6.45) is 1.41. The number of aromatic nitrogens is 3. The minimum atomic E-state index is -1.04. The van der Waals surface area contributed by atoms with Gasteiger partial charge in [-0.2, -0.15) is 0 Å². The van der Waals surface area contributed by atoms with Crippen LogP contribution in [0.2, 0.25) is 10.0 Å². The highest BCUT2D eigenvalue weighted by Crippen LogP contribution is 2.28. The SMILES string of the molecule is O=C(O)c1ccnc2nc(-c3ccc(Cl)c(Cl)c3)[nH]c12. The first-order valence-electron chi connectivity index (χ1n) is 5.59. The Morgan fingerprint density at radius 3 is 2.70 bits per heavy atom. The summed E-state index contributed by atoms with van der Waals surface area (Å²) in [5.74, 6) is -0.554. The van der Waals surface area contributed by atoms with Gasteiger partial charge in [0.25, 0.3) is 0 Å². The maximum atomic E-state index is 11.1. The minimum absolute atomic E-state index is 0.119. The Kier molecular flexibility index (Phi) is 3.08. The van der Waals surface area contributed by atoms with Crippen molar-refractivity contribution >= 4 is 40.3 Å². The molecule has 0 unspecified atom stereocenters. The van der Waals surface area contributed by atoms with Crippen molar-refractivity contribution < 1.29 is 9.90 Å². The summed E-state index contributed by atoms with van der Waals surface area (Å²) in [4.78, 5) is 22.4. The summed E-state index contributed by atoms with van der Waals surface area (Å²) in [6.45, 7) is 0. The predicted octanol–water partition coefficient (Wildman–Crippen LogP) is 3.63. The maximum absolute atomic E-state index is 11.1. The van der Waals surface area contributed by atoms with Crippen LogP contribution in [0.4, 0.5) is 0 Å². The van der Waals surface area contributed by atoms with Gasteiger partial charge in [-0.1, -0.05) is 23.2 Å². The molecule has 3 rings (SSSR count). The molecule has 0 spiro atoms. The molecule has 0 aliphatic heterocycles. The Morgan fingerprint density at radius 2 is 2.00 bits per heavy atom. The van der Waals surface area contributed by atoms with Gasteiger partial charge in [0.1, 0.15) is 5.82 Å². The van der Waals surface area contributed by atoms with Crippen LogP contribution in [-0.4, -0.2) is 26.0 Å². The molecular weight excluding hydrogens is 301 g/mol. The number of carboxylic acid groups (broad SMARTS) is 1. The van der Waals surface area contributed by atoms with E-state index in [1.165, 1.54) is 12.3 Å². The van der Waals surface area contributed by atoms with Crippen molar-refractivity contribution in [3.63, 3.8) is 0 Å². The van der Waals surface area contributed by atoms with E-state index in [0.29, 0.717) is 32.6 Å². The lowest BCUT2D eigenvalue weighted by Crippen LogP contribution is -1.97. The molecule has 7 heteroatoms. The second kappa shape index (κ2) is 4.77. The van der Waals surface area contributed by atoms with Gasteiger partial charge in [-0.05, 0) is 24.3 Å². The van der Waals surface area contributed by atoms with Gasteiger partial charge in [0.15, 0.2) is 5.65 Å². The molecule has 100 valence electrons. The van der Waals surface area contributed by atoms with Gasteiger partial charge < -0.3 is 10.1 Å². The molecule has 0 amide bonds. The molecule has 2 aromatic heterocycles. The number of aromatic carboxylic acids is 1. The zero-order valence-electron chi connectivity index (χ0n) is 9.89. The Balaban J connectivity index is 2.20. The topological polar surface area (TPSA) is 78.9 Å². The Bertz CT molecular complexity index is 830. The number of rotatable bonds is 2. The molecule has 0 fully saturated rings. The largest absolute Gasteiger partial charge is 0.478 e. The van der Waals surface area contributed by atoms with E-state index < -0.39 is 5.97 Å². The first-order valence-corrected chi connectivity index (χ1v) is 6.35. The Morgan fingerprint density at radius 1 is 1.20 bits per heavy atom. The number of hydrogen-bond donors (Lipinski definition) is 2. The molecule has 0 aliphatic rings. The summed E-state index contributed by atoms with van der Waals surface area (Å²) >= 11 is 11.8. The molecule has 5 nitrogen and oxygen atoms in total. The lowest BCUT2D eigenvalue weighted by molar-refractivity contribution is 0.0699. The van der Waals surface area contributed by atoms with Gasteiger partial charge >= 0.3 is 5.97 Å². The van der Waals surface area contributed by atoms with Crippen molar-refractivity contribution in [2.24, 2.45) is 0 Å². The van der Waals surface area contributed by atoms with Gasteiger partial charge in [-0.3, -0.25) is 0 Å². The van der Waals surface area contributed by atoms with Gasteiger partial charge in [0, 0.05) is 11.8 Å². The van der Waals surface area contributed by atoms with Crippen LogP contribution in [0.3, 0.4) is 0 Å². The molecule has 0 saturated heterocycles. The smallest absolute Gasteiger partial charge is 0.338 e. The molecule has 20 heavy (non-hydrogen) atoms. The van der Waals surface area contributed by atoms with Crippen LogP contribution < -0.4 is 0 Å². The van der Waals surface area contributed by atoms with E-state index in [2.05, 4.69) is 15.0 Å². The highest BCUT2D eigenvalue weighted by Gasteiger charge is 2.14. The average Bonchev–Trinajstić information content (AvgIpc) is 2.85. The van der Waals surface area contributed by atoms with Crippen LogP contribution >= 0.6 is 23.2 Å². The third kappa shape index (κ3) is 2.11. The second-order valence-corrected chi connectivity index (χ2v) is 4.89. The standard InChI is InChI=1S/C13H7Cl2N3O2/c14-8-2-1-6(5-9(8)15)11-17-10-7(13(19)20)3-4-16-12(10)18-11/h1-5H,(H,19,20)(H,16,17,18). The molecule has 0 aliphatic carbocycles. The van der Waals surface area contributed by atoms with Crippen molar-refractivity contribution in [1.82, 2.24) is 15.0 Å². The number of hydrogen-bond acceptors (Lipinski definition) is 3. The summed E-state index contributed by atoms with van der Waals surface area (Å²) in [5, 5.41) is 9.97. The highest BCUT2D eigenvalue weighted by molar-refractivity contribution is 6.42. The summed E-state index contributed by atoms with van der Waals surface area (Å²) in [6, 6.07) is 6.47. The summed E-state index contributed by atoms with van der Waals surface area (Å²) < 4.78 is 0. The number of imidazole rings is 1. The third-order valence-electron chi connectivity index (χ3n) is 2.82. The lowest BCUT2D eigenvalue weighted by Gasteiger charge is -1.99. The van der Waals surface area contributed by atoms with Gasteiger partial charge in [0.05, 0.1) is 21.1 Å². The van der Waals surface area contributed by atoms with Crippen molar-refractivity contribution in [3.05, 3.63) is 46.1 Å². The molecule has 0 saturated carbocycles. The fourth-order valence-electron chi connectivity index (χ4n) is 1.87. The van der Waals surface area contributed by atoms with Crippen molar-refractivity contribution in [2.75, 3.05) is 0 Å². The van der Waals surface area contributed by atoms with Crippen LogP contribution in [0.15, 0.2) is 30.5 Å². The number of benzene rings is 1. The number of carboxylic acids is 1. The average molecular weight is 308 g/mol. The Hall–Kier alpha value is -2.11. The number of fused-ring (bicyclic) bond motifs is 1. The zero-order valence-corrected chi connectivity index (χ0v) is 11.4. The summed E-state index contributed by atoms with van der Waals surface area (Å²) in [5.41, 5.74) is 1.54. The van der Waals surface area contributed by atoms with Crippen molar-refractivity contribution in [3.8, 4) is 11.4 Å². The predicted molar refractivity (Wildman–Crippen MR) is 76.3 cm³/mol. The van der Waals surface area contributed by atoms with E-state index in [4.69, 9.17) is 28.3 Å². The molecular formula is C13H7Cl2N3O2. The molecule has 0 radical (unpaired) electrons. The van der Waals surface area contributed by atoms with E-state index in [1.54, 1.807) is 18.2 Å². The molecule has 0 atom stereocenters. The van der Waals surface area contributed by atoms with E-state index in [0.717, 1.165) is 0 Å². The quantitative estimate of drug-likeness (QED) is 0.757. The van der Waals surface area contributed by atoms with E-state index in [-0.39, 0.29) is 5.56 Å². The van der Waals surface area contributed by atoms with Gasteiger partial charge in [-0.25, -0.2) is 14.8 Å². The van der Waals surface area contributed by atoms with Gasteiger partial charge in [0.2, 0.25) is 0 Å². The number of pyridine rings is 1. The molecule has 1 aromatic carbocycles. The van der Waals surface area contributed by atoms with Gasteiger partial charge in [-0.15, -0.1) is 0 Å². The second-order valence-electron chi connectivity index (χ2n) is 4.08. The monoisotopic (exact) mass is 307 g/mol. The number of aromatic amines is 1. The normalized spacial score (nSPS) is 10.9. The minimum Gasteiger partial charge on any atom is -0.478 e. The van der Waals surface area contributed by atoms with Crippen LogP contribution in [0.1, 0.15) is 10.4 Å². The molecule has 2 N–H and O–H groups in total. The number of nitrogens with one attached hydrogen (secondary N) is 1. The first-order chi connectivity index (χ1) is 9.56. The summed E-state index contributed by atoms with van der Waals surface area (Å²) in [7, 11) is 0. The van der Waals surface area contributed by atoms with Crippen LogP contribution in [0, 0.1) is 0 Å². The lowest BCUT2D eigenvalue weighted by atomic mass is 10.2. The van der Waals surface area contributed by atoms with Crippen LogP contribution in [0.5, 0.6) is 0 Å². The number of H-pyrrole nitrogens is 1.